The second-order valence-electron chi connectivity index (χ2n) is 7.96. The number of hydrogen-bond acceptors (Lipinski definition) is 7. The van der Waals surface area contributed by atoms with Crippen molar-refractivity contribution in [3.05, 3.63) is 70.1 Å². The van der Waals surface area contributed by atoms with Crippen LogP contribution in [0.15, 0.2) is 53.5 Å². The fraction of sp³-hybridized carbons (Fsp3) is 0.217. The largest absolute Gasteiger partial charge is 0.399 e. The van der Waals surface area contributed by atoms with Crippen molar-refractivity contribution in [2.45, 2.75) is 33.0 Å². The second-order valence-corrected chi connectivity index (χ2v) is 7.96. The number of hydrogen-bond donors (Lipinski definition) is 6. The molecule has 10 nitrogen and oxygen atoms in total. The van der Waals surface area contributed by atoms with Crippen molar-refractivity contribution < 1.29 is 4.79 Å². The molecular weight excluding hydrogens is 420 g/mol. The molecule has 0 fully saturated rings. The lowest BCUT2D eigenvalue weighted by Crippen LogP contribution is -2.35. The molecule has 0 saturated carbocycles. The maximum atomic E-state index is 13.1. The van der Waals surface area contributed by atoms with E-state index in [9.17, 15) is 9.59 Å². The van der Waals surface area contributed by atoms with Gasteiger partial charge in [-0.3, -0.25) is 19.6 Å². The third kappa shape index (κ3) is 5.88. The quantitative estimate of drug-likeness (QED) is 0.172. The molecule has 1 heterocycles. The number of nitrogen functional groups attached to an aromatic ring is 3. The van der Waals surface area contributed by atoms with E-state index < -0.39 is 5.56 Å². The summed E-state index contributed by atoms with van der Waals surface area (Å²) in [6.07, 6.45) is 1.52. The molecule has 0 radical (unpaired) electrons. The van der Waals surface area contributed by atoms with Crippen molar-refractivity contribution in [3.63, 3.8) is 0 Å². The molecule has 0 aliphatic rings. The van der Waals surface area contributed by atoms with Gasteiger partial charge in [0, 0.05) is 35.1 Å². The number of carbonyl (C=O) groups excluding carboxylic acids is 1. The van der Waals surface area contributed by atoms with Crippen LogP contribution in [-0.4, -0.2) is 27.3 Å². The van der Waals surface area contributed by atoms with Crippen molar-refractivity contribution in [2.24, 2.45) is 5.73 Å². The highest BCUT2D eigenvalue weighted by atomic mass is 16.2. The van der Waals surface area contributed by atoms with E-state index in [-0.39, 0.29) is 36.7 Å². The predicted octanol–water partition coefficient (Wildman–Crippen LogP) is 1.50. The first-order chi connectivity index (χ1) is 15.6. The van der Waals surface area contributed by atoms with E-state index >= 15 is 0 Å². The molecule has 3 rings (SSSR count). The molecule has 1 aromatic heterocycles. The Hall–Kier alpha value is -4.34. The highest BCUT2D eigenvalue weighted by Gasteiger charge is 2.16. The van der Waals surface area contributed by atoms with Crippen molar-refractivity contribution in [3.8, 4) is 11.3 Å². The standard InChI is InChI=1S/C23H28N8O2/c1-13(2)30-22-23(33)31(19(11-29-22)16-7-17(24)9-18(25)8-16)12-20(32)28-10-14-3-5-15(6-4-14)21(26)27/h3-9,11,13H,10,12,24-25H2,1-2H3,(H3,26,27)(H,28,32)(H,29,30). The summed E-state index contributed by atoms with van der Waals surface area (Å²) in [4.78, 5) is 30.1. The molecule has 0 aliphatic heterocycles. The number of amides is 1. The smallest absolute Gasteiger partial charge is 0.294 e. The van der Waals surface area contributed by atoms with Gasteiger partial charge in [-0.1, -0.05) is 24.3 Å². The van der Waals surface area contributed by atoms with Gasteiger partial charge in [0.25, 0.3) is 5.56 Å². The van der Waals surface area contributed by atoms with Crippen LogP contribution in [0.2, 0.25) is 0 Å². The van der Waals surface area contributed by atoms with Gasteiger partial charge >= 0.3 is 0 Å². The van der Waals surface area contributed by atoms with Crippen LogP contribution in [0, 0.1) is 5.41 Å². The van der Waals surface area contributed by atoms with Gasteiger partial charge in [-0.05, 0) is 37.6 Å². The van der Waals surface area contributed by atoms with Crippen molar-refractivity contribution in [1.29, 1.82) is 5.41 Å². The zero-order chi connectivity index (χ0) is 24.1. The minimum Gasteiger partial charge on any atom is -0.399 e. The Balaban J connectivity index is 1.88. The number of nitrogens with one attached hydrogen (secondary N) is 3. The Morgan fingerprint density at radius 2 is 1.76 bits per heavy atom. The van der Waals surface area contributed by atoms with E-state index in [1.54, 1.807) is 42.5 Å². The van der Waals surface area contributed by atoms with E-state index in [0.717, 1.165) is 5.56 Å². The fourth-order valence-corrected chi connectivity index (χ4v) is 3.27. The molecule has 0 spiro atoms. The number of rotatable bonds is 8. The average molecular weight is 449 g/mol. The van der Waals surface area contributed by atoms with Crippen LogP contribution < -0.4 is 33.4 Å². The Morgan fingerprint density at radius 1 is 1.12 bits per heavy atom. The topological polar surface area (TPSA) is 178 Å². The number of nitrogens with two attached hydrogens (primary N) is 3. The maximum absolute atomic E-state index is 13.1. The van der Waals surface area contributed by atoms with E-state index in [0.29, 0.717) is 28.2 Å². The molecule has 3 aromatic rings. The van der Waals surface area contributed by atoms with Crippen LogP contribution >= 0.6 is 0 Å². The van der Waals surface area contributed by atoms with Gasteiger partial charge < -0.3 is 27.8 Å². The zero-order valence-electron chi connectivity index (χ0n) is 18.6. The molecule has 1 amide bonds. The number of nitrogens with zero attached hydrogens (tertiary/aromatic N) is 2. The maximum Gasteiger partial charge on any atom is 0.294 e. The SMILES string of the molecule is CC(C)Nc1ncc(-c2cc(N)cc(N)c2)n(CC(=O)NCc2ccc(C(=N)N)cc2)c1=O. The summed E-state index contributed by atoms with van der Waals surface area (Å²) in [6, 6.07) is 11.9. The summed E-state index contributed by atoms with van der Waals surface area (Å²) in [6.45, 7) is 3.82. The molecule has 0 aliphatic carbocycles. The number of amidine groups is 1. The van der Waals surface area contributed by atoms with Crippen LogP contribution in [0.5, 0.6) is 0 Å². The Kier molecular flexibility index (Phi) is 6.97. The van der Waals surface area contributed by atoms with Crippen LogP contribution in [0.1, 0.15) is 25.0 Å². The van der Waals surface area contributed by atoms with Gasteiger partial charge in [0.2, 0.25) is 5.91 Å². The van der Waals surface area contributed by atoms with Crippen molar-refractivity contribution >= 4 is 28.9 Å². The van der Waals surface area contributed by atoms with E-state index in [2.05, 4.69) is 15.6 Å². The Labute approximate surface area is 191 Å². The lowest BCUT2D eigenvalue weighted by molar-refractivity contribution is -0.121. The van der Waals surface area contributed by atoms with Gasteiger partial charge in [-0.2, -0.15) is 0 Å². The number of benzene rings is 2. The predicted molar refractivity (Wildman–Crippen MR) is 131 cm³/mol. The monoisotopic (exact) mass is 448 g/mol. The average Bonchev–Trinajstić information content (AvgIpc) is 2.74. The van der Waals surface area contributed by atoms with E-state index in [1.807, 2.05) is 13.8 Å². The third-order valence-corrected chi connectivity index (χ3v) is 4.81. The van der Waals surface area contributed by atoms with Gasteiger partial charge in [-0.25, -0.2) is 4.98 Å². The summed E-state index contributed by atoms with van der Waals surface area (Å²) < 4.78 is 1.35. The first kappa shape index (κ1) is 23.3. The summed E-state index contributed by atoms with van der Waals surface area (Å²) in [5, 5.41) is 13.3. The highest BCUT2D eigenvalue weighted by Crippen LogP contribution is 2.24. The summed E-state index contributed by atoms with van der Waals surface area (Å²) in [5.41, 5.74) is 20.2. The molecule has 9 N–H and O–H groups in total. The third-order valence-electron chi connectivity index (χ3n) is 4.81. The minimum atomic E-state index is -0.428. The Bertz CT molecular complexity index is 1210. The zero-order valence-corrected chi connectivity index (χ0v) is 18.6. The molecule has 0 saturated heterocycles. The molecule has 33 heavy (non-hydrogen) atoms. The summed E-state index contributed by atoms with van der Waals surface area (Å²) in [5.74, 6) is -0.228. The van der Waals surface area contributed by atoms with Gasteiger partial charge in [0.1, 0.15) is 12.4 Å². The molecule has 0 atom stereocenters. The Morgan fingerprint density at radius 3 is 2.33 bits per heavy atom. The molecule has 172 valence electrons. The highest BCUT2D eigenvalue weighted by molar-refractivity contribution is 5.94. The van der Waals surface area contributed by atoms with Gasteiger partial charge in [0.05, 0.1) is 11.9 Å². The second kappa shape index (κ2) is 9.86. The summed E-state index contributed by atoms with van der Waals surface area (Å²) >= 11 is 0. The summed E-state index contributed by atoms with van der Waals surface area (Å²) in [7, 11) is 0. The minimum absolute atomic E-state index is 0.0145. The van der Waals surface area contributed by atoms with Crippen molar-refractivity contribution in [1.82, 2.24) is 14.9 Å². The molecule has 10 heteroatoms. The van der Waals surface area contributed by atoms with Crippen LogP contribution in [0.3, 0.4) is 0 Å². The molecule has 0 unspecified atom stereocenters. The lowest BCUT2D eigenvalue weighted by Gasteiger charge is -2.16. The van der Waals surface area contributed by atoms with Crippen LogP contribution in [0.4, 0.5) is 17.2 Å². The lowest BCUT2D eigenvalue weighted by atomic mass is 10.1. The van der Waals surface area contributed by atoms with Crippen molar-refractivity contribution in [2.75, 3.05) is 16.8 Å². The number of aromatic nitrogens is 2. The number of carbonyl (C=O) groups is 1. The van der Waals surface area contributed by atoms with Crippen LogP contribution in [-0.2, 0) is 17.9 Å². The fourth-order valence-electron chi connectivity index (χ4n) is 3.27. The van der Waals surface area contributed by atoms with Gasteiger partial charge in [0.15, 0.2) is 5.82 Å². The van der Waals surface area contributed by atoms with E-state index in [1.165, 1.54) is 10.8 Å². The first-order valence-electron chi connectivity index (χ1n) is 10.4. The van der Waals surface area contributed by atoms with E-state index in [4.69, 9.17) is 22.6 Å². The van der Waals surface area contributed by atoms with Crippen LogP contribution in [0.25, 0.3) is 11.3 Å². The molecule has 0 bridgehead atoms. The molecule has 2 aromatic carbocycles. The van der Waals surface area contributed by atoms with Gasteiger partial charge in [-0.15, -0.1) is 0 Å². The molecular formula is C23H28N8O2. The number of anilines is 3. The first-order valence-corrected chi connectivity index (χ1v) is 10.4. The normalized spacial score (nSPS) is 10.8.